The normalized spacial score (nSPS) is 15.6. The molecule has 0 amide bonds. The van der Waals surface area contributed by atoms with Crippen LogP contribution in [0.25, 0.3) is 6.08 Å². The summed E-state index contributed by atoms with van der Waals surface area (Å²) in [5.74, 6) is 0.511. The summed E-state index contributed by atoms with van der Waals surface area (Å²) in [6.45, 7) is 3.69. The topological polar surface area (TPSA) is 79.1 Å². The molecule has 0 N–H and O–H groups in total. The smallest absolute Gasteiger partial charge is 0.338 e. The minimum absolute atomic E-state index is 0.204. The summed E-state index contributed by atoms with van der Waals surface area (Å²) in [5, 5.41) is 0.613. The molecule has 1 atom stereocenters. The summed E-state index contributed by atoms with van der Waals surface area (Å²) in [6.07, 6.45) is 1.79. The summed E-state index contributed by atoms with van der Waals surface area (Å²) in [6, 6.07) is 11.8. The van der Waals surface area contributed by atoms with Crippen LogP contribution in [0.5, 0.6) is 11.5 Å². The summed E-state index contributed by atoms with van der Waals surface area (Å²) >= 11 is 7.25. The van der Waals surface area contributed by atoms with Gasteiger partial charge in [-0.25, -0.2) is 9.79 Å². The molecule has 1 aliphatic heterocycles. The lowest BCUT2D eigenvalue weighted by atomic mass is 9.95. The molecule has 0 bridgehead atoms. The first-order valence-electron chi connectivity index (χ1n) is 10.5. The Hall–Kier alpha value is -3.36. The summed E-state index contributed by atoms with van der Waals surface area (Å²) < 4.78 is 18.2. The fraction of sp³-hybridized carbons (Fsp3) is 0.240. The van der Waals surface area contributed by atoms with Crippen LogP contribution in [0.4, 0.5) is 0 Å². The number of benzene rings is 2. The molecule has 2 aromatic carbocycles. The van der Waals surface area contributed by atoms with Crippen molar-refractivity contribution < 1.29 is 19.0 Å². The molecule has 0 unspecified atom stereocenters. The third-order valence-electron chi connectivity index (χ3n) is 5.41. The minimum atomic E-state index is -0.734. The number of aromatic nitrogens is 1. The third kappa shape index (κ3) is 4.38. The van der Waals surface area contributed by atoms with E-state index in [-0.39, 0.29) is 12.2 Å². The van der Waals surface area contributed by atoms with Crippen LogP contribution in [0, 0.1) is 0 Å². The number of carbonyl (C=O) groups excluding carboxylic acids is 1. The maximum absolute atomic E-state index is 13.6. The van der Waals surface area contributed by atoms with Gasteiger partial charge in [-0.05, 0) is 55.3 Å². The van der Waals surface area contributed by atoms with Gasteiger partial charge in [0.15, 0.2) is 16.3 Å². The van der Waals surface area contributed by atoms with E-state index in [1.807, 2.05) is 12.1 Å². The van der Waals surface area contributed by atoms with E-state index in [1.165, 1.54) is 23.0 Å². The van der Waals surface area contributed by atoms with Crippen LogP contribution in [0.2, 0.25) is 5.02 Å². The number of carbonyl (C=O) groups is 1. The Labute approximate surface area is 205 Å². The zero-order chi connectivity index (χ0) is 24.4. The highest BCUT2D eigenvalue weighted by molar-refractivity contribution is 7.07. The molecule has 0 fully saturated rings. The van der Waals surface area contributed by atoms with Crippen molar-refractivity contribution in [3.05, 3.63) is 89.6 Å². The monoisotopic (exact) mass is 498 g/mol. The van der Waals surface area contributed by atoms with Gasteiger partial charge in [0.2, 0.25) is 0 Å². The number of hydrogen-bond acceptors (Lipinski definition) is 7. The number of halogens is 1. The van der Waals surface area contributed by atoms with Gasteiger partial charge < -0.3 is 14.2 Å². The molecule has 1 aliphatic rings. The molecule has 0 spiro atoms. The number of rotatable bonds is 6. The number of methoxy groups -OCH3 is 2. The zero-order valence-corrected chi connectivity index (χ0v) is 20.7. The van der Waals surface area contributed by atoms with Gasteiger partial charge in [0.05, 0.1) is 42.7 Å². The second kappa shape index (κ2) is 9.87. The molecule has 34 heavy (non-hydrogen) atoms. The lowest BCUT2D eigenvalue weighted by Gasteiger charge is -2.25. The second-order valence-electron chi connectivity index (χ2n) is 7.47. The van der Waals surface area contributed by atoms with Crippen molar-refractivity contribution in [2.75, 3.05) is 20.8 Å². The van der Waals surface area contributed by atoms with Crippen molar-refractivity contribution in [3.63, 3.8) is 0 Å². The average Bonchev–Trinajstić information content (AvgIpc) is 3.13. The Balaban J connectivity index is 1.96. The van der Waals surface area contributed by atoms with Crippen LogP contribution in [0.3, 0.4) is 0 Å². The van der Waals surface area contributed by atoms with Crippen molar-refractivity contribution in [2.24, 2.45) is 4.99 Å². The highest BCUT2D eigenvalue weighted by Crippen LogP contribution is 2.36. The molecule has 4 rings (SSSR count). The molecule has 7 nitrogen and oxygen atoms in total. The van der Waals surface area contributed by atoms with Crippen LogP contribution in [-0.4, -0.2) is 31.4 Å². The first kappa shape index (κ1) is 23.8. The van der Waals surface area contributed by atoms with E-state index >= 15 is 0 Å². The van der Waals surface area contributed by atoms with E-state index in [0.29, 0.717) is 42.7 Å². The van der Waals surface area contributed by atoms with E-state index in [9.17, 15) is 9.59 Å². The molecule has 0 saturated carbocycles. The minimum Gasteiger partial charge on any atom is -0.493 e. The number of nitrogens with zero attached hydrogens (tertiary/aromatic N) is 2. The SMILES string of the molecule is CCOC(=O)C1=C(C)N=c2sc(=Cc3ccc(Cl)cc3)c(=O)n2[C@@H]1c1ccc(OC)c(OC)c1. The van der Waals surface area contributed by atoms with Gasteiger partial charge in [-0.1, -0.05) is 41.1 Å². The Bertz CT molecular complexity index is 1450. The molecule has 0 saturated heterocycles. The lowest BCUT2D eigenvalue weighted by molar-refractivity contribution is -0.139. The Kier molecular flexibility index (Phi) is 6.90. The second-order valence-corrected chi connectivity index (χ2v) is 8.91. The van der Waals surface area contributed by atoms with E-state index in [4.69, 9.17) is 25.8 Å². The molecule has 3 aromatic rings. The van der Waals surface area contributed by atoms with Crippen molar-refractivity contribution in [2.45, 2.75) is 19.9 Å². The van der Waals surface area contributed by atoms with Gasteiger partial charge in [-0.2, -0.15) is 0 Å². The number of fused-ring (bicyclic) bond motifs is 1. The number of hydrogen-bond donors (Lipinski definition) is 0. The van der Waals surface area contributed by atoms with Crippen molar-refractivity contribution >= 4 is 35.0 Å². The number of allylic oxidation sites excluding steroid dienone is 1. The Morgan fingerprint density at radius 3 is 2.50 bits per heavy atom. The Morgan fingerprint density at radius 1 is 1.15 bits per heavy atom. The predicted octanol–water partition coefficient (Wildman–Crippen LogP) is 3.47. The van der Waals surface area contributed by atoms with Crippen LogP contribution < -0.4 is 24.4 Å². The average molecular weight is 499 g/mol. The van der Waals surface area contributed by atoms with Gasteiger partial charge >= 0.3 is 5.97 Å². The van der Waals surface area contributed by atoms with E-state index in [2.05, 4.69) is 4.99 Å². The molecule has 0 radical (unpaired) electrons. The predicted molar refractivity (Wildman–Crippen MR) is 131 cm³/mol. The maximum atomic E-state index is 13.6. The summed E-state index contributed by atoms with van der Waals surface area (Å²) in [4.78, 5) is 31.7. The Morgan fingerprint density at radius 2 is 1.85 bits per heavy atom. The zero-order valence-electron chi connectivity index (χ0n) is 19.1. The van der Waals surface area contributed by atoms with Gasteiger partial charge in [-0.3, -0.25) is 9.36 Å². The number of esters is 1. The van der Waals surface area contributed by atoms with Crippen molar-refractivity contribution in [3.8, 4) is 11.5 Å². The van der Waals surface area contributed by atoms with Crippen LogP contribution in [0.1, 0.15) is 31.0 Å². The number of thiazole rings is 1. The van der Waals surface area contributed by atoms with Crippen LogP contribution >= 0.6 is 22.9 Å². The van der Waals surface area contributed by atoms with Gasteiger partial charge in [-0.15, -0.1) is 0 Å². The summed E-state index contributed by atoms with van der Waals surface area (Å²) in [5.41, 5.74) is 2.05. The first-order chi connectivity index (χ1) is 16.4. The molecule has 176 valence electrons. The largest absolute Gasteiger partial charge is 0.493 e. The lowest BCUT2D eigenvalue weighted by Crippen LogP contribution is -2.39. The van der Waals surface area contributed by atoms with Gasteiger partial charge in [0.1, 0.15) is 0 Å². The van der Waals surface area contributed by atoms with Crippen LogP contribution in [0.15, 0.2) is 63.5 Å². The summed E-state index contributed by atoms with van der Waals surface area (Å²) in [7, 11) is 3.08. The highest BCUT2D eigenvalue weighted by atomic mass is 35.5. The van der Waals surface area contributed by atoms with Gasteiger partial charge in [0.25, 0.3) is 5.56 Å². The van der Waals surface area contributed by atoms with E-state index in [0.717, 1.165) is 5.56 Å². The number of ether oxygens (including phenoxy) is 3. The standard InChI is InChI=1S/C25H23ClN2O5S/c1-5-33-24(30)21-14(2)27-25-28(22(21)16-8-11-18(31-3)19(13-16)32-4)23(29)20(34-25)12-15-6-9-17(26)10-7-15/h6-13,22H,5H2,1-4H3/t22-/m1/s1. The van der Waals surface area contributed by atoms with Crippen LogP contribution in [-0.2, 0) is 9.53 Å². The third-order valence-corrected chi connectivity index (χ3v) is 6.64. The quantitative estimate of drug-likeness (QED) is 0.486. The van der Waals surface area contributed by atoms with E-state index in [1.54, 1.807) is 57.4 Å². The highest BCUT2D eigenvalue weighted by Gasteiger charge is 2.33. The fourth-order valence-electron chi connectivity index (χ4n) is 3.84. The van der Waals surface area contributed by atoms with Crippen molar-refractivity contribution in [1.29, 1.82) is 0 Å². The van der Waals surface area contributed by atoms with Crippen molar-refractivity contribution in [1.82, 2.24) is 4.57 Å². The fourth-order valence-corrected chi connectivity index (χ4v) is 5.01. The molecule has 9 heteroatoms. The molecular weight excluding hydrogens is 476 g/mol. The first-order valence-corrected chi connectivity index (χ1v) is 11.7. The maximum Gasteiger partial charge on any atom is 0.338 e. The van der Waals surface area contributed by atoms with E-state index < -0.39 is 12.0 Å². The molecule has 0 aliphatic carbocycles. The molecule has 2 heterocycles. The van der Waals surface area contributed by atoms with Gasteiger partial charge in [0, 0.05) is 5.02 Å². The molecule has 1 aromatic heterocycles. The molecular formula is C25H23ClN2O5S.